The number of nitriles is 1. The second-order valence-corrected chi connectivity index (χ2v) is 4.61. The Bertz CT molecular complexity index is 262. The zero-order valence-electron chi connectivity index (χ0n) is 9.62. The molecule has 0 fully saturated rings. The van der Waals surface area contributed by atoms with Crippen LogP contribution >= 0.6 is 0 Å². The number of hydrogen-bond donors (Lipinski definition) is 0. The number of rotatable bonds is 7. The predicted molar refractivity (Wildman–Crippen MR) is 56.7 cm³/mol. The number of carbonyl (C=O) groups excluding carboxylic acids is 1. The minimum absolute atomic E-state index is 0.00344. The van der Waals surface area contributed by atoms with E-state index in [0.29, 0.717) is 19.1 Å². The van der Waals surface area contributed by atoms with Crippen molar-refractivity contribution in [1.29, 1.82) is 5.26 Å². The normalized spacial score (nSPS) is 12.4. The van der Waals surface area contributed by atoms with Crippen LogP contribution in [-0.4, -0.2) is 19.2 Å². The van der Waals surface area contributed by atoms with Crippen molar-refractivity contribution in [2.45, 2.75) is 33.6 Å². The van der Waals surface area contributed by atoms with Crippen LogP contribution in [0.1, 0.15) is 33.6 Å². The Balaban J connectivity index is 3.87. The summed E-state index contributed by atoms with van der Waals surface area (Å²) in [6, 6.07) is 0. The largest absolute Gasteiger partial charge is 0.428 e. The monoisotopic (exact) mass is 210 g/mol. The van der Waals surface area contributed by atoms with E-state index in [1.807, 2.05) is 0 Å². The topological polar surface area (TPSA) is 62.4 Å². The standard InChI is InChI=1S/C11H18N2O2/c1-10(4-5-15-8-12)6-11(2,3)7-13-9-14/h10H,4-7H2,1-3H3. The van der Waals surface area contributed by atoms with Crippen LogP contribution in [0.15, 0.2) is 4.99 Å². The first kappa shape index (κ1) is 13.7. The van der Waals surface area contributed by atoms with Crippen molar-refractivity contribution in [2.24, 2.45) is 16.3 Å². The molecule has 0 saturated heterocycles. The van der Waals surface area contributed by atoms with Gasteiger partial charge < -0.3 is 4.74 Å². The third-order valence-corrected chi connectivity index (χ3v) is 2.25. The molecule has 0 N–H and O–H groups in total. The van der Waals surface area contributed by atoms with Crippen LogP contribution in [0.25, 0.3) is 0 Å². The van der Waals surface area contributed by atoms with E-state index in [1.54, 1.807) is 12.3 Å². The lowest BCUT2D eigenvalue weighted by Gasteiger charge is -2.25. The van der Waals surface area contributed by atoms with Gasteiger partial charge in [0.25, 0.3) is 6.26 Å². The number of hydrogen-bond acceptors (Lipinski definition) is 4. The minimum Gasteiger partial charge on any atom is -0.428 e. The fourth-order valence-corrected chi connectivity index (χ4v) is 1.66. The highest BCUT2D eigenvalue weighted by Crippen LogP contribution is 2.27. The lowest BCUT2D eigenvalue weighted by Crippen LogP contribution is -2.19. The zero-order valence-corrected chi connectivity index (χ0v) is 9.62. The van der Waals surface area contributed by atoms with Crippen LogP contribution in [0.5, 0.6) is 0 Å². The fourth-order valence-electron chi connectivity index (χ4n) is 1.66. The molecular formula is C11H18N2O2. The maximum atomic E-state index is 10.0. The lowest BCUT2D eigenvalue weighted by molar-refractivity contribution is 0.211. The summed E-state index contributed by atoms with van der Waals surface area (Å²) in [6.45, 7) is 7.20. The molecule has 1 atom stereocenters. The summed E-state index contributed by atoms with van der Waals surface area (Å²) in [6.07, 6.45) is 5.01. The van der Waals surface area contributed by atoms with E-state index in [2.05, 4.69) is 30.5 Å². The maximum Gasteiger partial charge on any atom is 0.286 e. The van der Waals surface area contributed by atoms with Gasteiger partial charge in [-0.15, -0.1) is 0 Å². The van der Waals surface area contributed by atoms with E-state index < -0.39 is 0 Å². The van der Waals surface area contributed by atoms with Crippen LogP contribution in [0.4, 0.5) is 0 Å². The molecule has 4 heteroatoms. The molecule has 0 aromatic carbocycles. The summed E-state index contributed by atoms with van der Waals surface area (Å²) in [5.41, 5.74) is 0.00344. The van der Waals surface area contributed by atoms with Gasteiger partial charge in [0.1, 0.15) is 6.61 Å². The first-order valence-electron chi connectivity index (χ1n) is 5.06. The summed E-state index contributed by atoms with van der Waals surface area (Å²) in [4.78, 5) is 13.6. The van der Waals surface area contributed by atoms with E-state index in [1.165, 1.54) is 0 Å². The van der Waals surface area contributed by atoms with Crippen LogP contribution in [0.3, 0.4) is 0 Å². The predicted octanol–water partition coefficient (Wildman–Crippen LogP) is 2.26. The van der Waals surface area contributed by atoms with Crippen LogP contribution in [0, 0.1) is 22.9 Å². The van der Waals surface area contributed by atoms with E-state index in [-0.39, 0.29) is 5.41 Å². The van der Waals surface area contributed by atoms with Gasteiger partial charge >= 0.3 is 0 Å². The Morgan fingerprint density at radius 1 is 1.53 bits per heavy atom. The molecule has 1 unspecified atom stereocenters. The van der Waals surface area contributed by atoms with Crippen LogP contribution in [0.2, 0.25) is 0 Å². The summed E-state index contributed by atoms with van der Waals surface area (Å²) in [5, 5.41) is 8.20. The van der Waals surface area contributed by atoms with Gasteiger partial charge in [-0.05, 0) is 24.2 Å². The summed E-state index contributed by atoms with van der Waals surface area (Å²) in [7, 11) is 0. The Kier molecular flexibility index (Phi) is 6.40. The maximum absolute atomic E-state index is 10.0. The summed E-state index contributed by atoms with van der Waals surface area (Å²) >= 11 is 0. The molecule has 0 aromatic rings. The van der Waals surface area contributed by atoms with Gasteiger partial charge in [0, 0.05) is 0 Å². The smallest absolute Gasteiger partial charge is 0.286 e. The third-order valence-electron chi connectivity index (χ3n) is 2.25. The highest BCUT2D eigenvalue weighted by Gasteiger charge is 2.20. The molecule has 0 aliphatic rings. The molecular weight excluding hydrogens is 192 g/mol. The van der Waals surface area contributed by atoms with Crippen molar-refractivity contribution >= 4 is 6.08 Å². The number of ether oxygens (including phenoxy) is 1. The fraction of sp³-hybridized carbons (Fsp3) is 0.818. The highest BCUT2D eigenvalue weighted by molar-refractivity contribution is 5.32. The van der Waals surface area contributed by atoms with Crippen molar-refractivity contribution < 1.29 is 9.53 Å². The summed E-state index contributed by atoms with van der Waals surface area (Å²) in [5.74, 6) is 0.454. The molecule has 0 aliphatic carbocycles. The highest BCUT2D eigenvalue weighted by atomic mass is 16.5. The first-order chi connectivity index (χ1) is 7.02. The molecule has 15 heavy (non-hydrogen) atoms. The van der Waals surface area contributed by atoms with Crippen molar-refractivity contribution in [2.75, 3.05) is 13.2 Å². The minimum atomic E-state index is 0.00344. The molecule has 0 spiro atoms. The average molecular weight is 210 g/mol. The second kappa shape index (κ2) is 7.03. The van der Waals surface area contributed by atoms with Gasteiger partial charge in [0.2, 0.25) is 6.08 Å². The lowest BCUT2D eigenvalue weighted by atomic mass is 9.82. The molecule has 4 nitrogen and oxygen atoms in total. The number of aliphatic imine (C=N–C) groups is 1. The Hall–Kier alpha value is -1.33. The molecule has 0 saturated carbocycles. The molecule has 0 radical (unpaired) electrons. The van der Waals surface area contributed by atoms with E-state index >= 15 is 0 Å². The van der Waals surface area contributed by atoms with Crippen LogP contribution in [-0.2, 0) is 9.53 Å². The van der Waals surface area contributed by atoms with Gasteiger partial charge in [-0.1, -0.05) is 20.8 Å². The van der Waals surface area contributed by atoms with Crippen molar-refractivity contribution in [1.82, 2.24) is 0 Å². The second-order valence-electron chi connectivity index (χ2n) is 4.61. The van der Waals surface area contributed by atoms with E-state index in [9.17, 15) is 4.79 Å². The number of isocyanates is 1. The van der Waals surface area contributed by atoms with Gasteiger partial charge in [0.05, 0.1) is 6.54 Å². The van der Waals surface area contributed by atoms with E-state index in [4.69, 9.17) is 5.26 Å². The van der Waals surface area contributed by atoms with E-state index in [0.717, 1.165) is 12.8 Å². The number of nitrogens with zero attached hydrogens (tertiary/aromatic N) is 2. The van der Waals surface area contributed by atoms with Gasteiger partial charge in [0.15, 0.2) is 0 Å². The Morgan fingerprint density at radius 3 is 2.73 bits per heavy atom. The molecule has 0 aromatic heterocycles. The van der Waals surface area contributed by atoms with Crippen molar-refractivity contribution in [3.63, 3.8) is 0 Å². The van der Waals surface area contributed by atoms with Crippen molar-refractivity contribution in [3.8, 4) is 6.26 Å². The van der Waals surface area contributed by atoms with Gasteiger partial charge in [-0.25, -0.2) is 9.79 Å². The molecule has 84 valence electrons. The van der Waals surface area contributed by atoms with Crippen LogP contribution < -0.4 is 0 Å². The SMILES string of the molecule is CC(CCOC#N)CC(C)(C)CN=C=O. The average Bonchev–Trinajstić information content (AvgIpc) is 2.14. The quantitative estimate of drug-likeness (QED) is 0.280. The Morgan fingerprint density at radius 2 is 2.20 bits per heavy atom. The van der Waals surface area contributed by atoms with Gasteiger partial charge in [-0.3, -0.25) is 0 Å². The summed E-state index contributed by atoms with van der Waals surface area (Å²) < 4.78 is 4.62. The molecule has 0 aliphatic heterocycles. The van der Waals surface area contributed by atoms with Crippen molar-refractivity contribution in [3.05, 3.63) is 0 Å². The molecule has 0 bridgehead atoms. The zero-order chi connectivity index (χ0) is 11.7. The molecule has 0 rings (SSSR count). The molecule has 0 heterocycles. The first-order valence-corrected chi connectivity index (χ1v) is 5.06. The molecule has 0 amide bonds. The Labute approximate surface area is 91.0 Å². The van der Waals surface area contributed by atoms with Gasteiger partial charge in [-0.2, -0.15) is 5.26 Å². The third kappa shape index (κ3) is 7.72.